The minimum Gasteiger partial charge on any atom is -0.466 e. The van der Waals surface area contributed by atoms with Gasteiger partial charge < -0.3 is 15.0 Å². The number of carbonyl (C=O) groups excluding carboxylic acids is 1. The van der Waals surface area contributed by atoms with Crippen LogP contribution in [0.15, 0.2) is 24.5 Å². The molecular formula is C16H23N3O2. The van der Waals surface area contributed by atoms with Crippen LogP contribution >= 0.6 is 0 Å². The van der Waals surface area contributed by atoms with Crippen LogP contribution in [0.2, 0.25) is 0 Å². The van der Waals surface area contributed by atoms with E-state index < -0.39 is 0 Å². The highest BCUT2D eigenvalue weighted by atomic mass is 16.5. The molecule has 0 spiro atoms. The van der Waals surface area contributed by atoms with Crippen LogP contribution in [-0.2, 0) is 22.6 Å². The molecule has 2 heterocycles. The van der Waals surface area contributed by atoms with E-state index in [9.17, 15) is 4.79 Å². The molecule has 0 aromatic carbocycles. The number of hydrogen-bond donors (Lipinski definition) is 1. The second-order valence-electron chi connectivity index (χ2n) is 5.04. The molecule has 0 unspecified atom stereocenters. The first-order chi connectivity index (χ1) is 10.3. The summed E-state index contributed by atoms with van der Waals surface area (Å²) in [6.07, 6.45) is 7.29. The van der Waals surface area contributed by atoms with Crippen molar-refractivity contribution in [2.24, 2.45) is 5.73 Å². The molecule has 0 aliphatic heterocycles. The molecular weight excluding hydrogens is 266 g/mol. The summed E-state index contributed by atoms with van der Waals surface area (Å²) in [5, 5.41) is 1.13. The quantitative estimate of drug-likeness (QED) is 0.599. The number of nitrogens with zero attached hydrogens (tertiary/aromatic N) is 2. The first-order valence-electron chi connectivity index (χ1n) is 7.54. The van der Waals surface area contributed by atoms with Crippen LogP contribution in [0.5, 0.6) is 0 Å². The number of aryl methyl sites for hydroxylation is 1. The number of hydrogen-bond acceptors (Lipinski definition) is 4. The van der Waals surface area contributed by atoms with Crippen LogP contribution in [0, 0.1) is 0 Å². The van der Waals surface area contributed by atoms with E-state index >= 15 is 0 Å². The third-order valence-corrected chi connectivity index (χ3v) is 3.52. The summed E-state index contributed by atoms with van der Waals surface area (Å²) >= 11 is 0. The number of aromatic nitrogens is 2. The number of carbonyl (C=O) groups is 1. The molecule has 0 bridgehead atoms. The van der Waals surface area contributed by atoms with Crippen molar-refractivity contribution in [3.63, 3.8) is 0 Å². The highest BCUT2D eigenvalue weighted by molar-refractivity contribution is 5.80. The van der Waals surface area contributed by atoms with Gasteiger partial charge in [0.05, 0.1) is 6.61 Å². The van der Waals surface area contributed by atoms with Crippen LogP contribution in [0.25, 0.3) is 11.0 Å². The van der Waals surface area contributed by atoms with Gasteiger partial charge in [-0.2, -0.15) is 0 Å². The van der Waals surface area contributed by atoms with E-state index in [0.29, 0.717) is 19.6 Å². The zero-order valence-electron chi connectivity index (χ0n) is 12.5. The second kappa shape index (κ2) is 7.78. The molecule has 0 radical (unpaired) electrons. The van der Waals surface area contributed by atoms with Gasteiger partial charge in [0.15, 0.2) is 0 Å². The molecule has 21 heavy (non-hydrogen) atoms. The van der Waals surface area contributed by atoms with E-state index in [1.807, 2.05) is 13.0 Å². The highest BCUT2D eigenvalue weighted by Crippen LogP contribution is 2.19. The molecule has 0 aliphatic rings. The maximum Gasteiger partial charge on any atom is 0.305 e. The van der Waals surface area contributed by atoms with Crippen LogP contribution in [0.4, 0.5) is 0 Å². The Hall–Kier alpha value is -1.88. The van der Waals surface area contributed by atoms with Crippen LogP contribution in [0.3, 0.4) is 0 Å². The Morgan fingerprint density at radius 2 is 2.24 bits per heavy atom. The van der Waals surface area contributed by atoms with Crippen molar-refractivity contribution in [1.29, 1.82) is 0 Å². The van der Waals surface area contributed by atoms with Gasteiger partial charge in [0.2, 0.25) is 0 Å². The molecule has 0 saturated heterocycles. The number of pyridine rings is 1. The Labute approximate surface area is 125 Å². The van der Waals surface area contributed by atoms with Crippen molar-refractivity contribution in [2.45, 2.75) is 45.7 Å². The third kappa shape index (κ3) is 4.04. The lowest BCUT2D eigenvalue weighted by atomic mass is 10.2. The fourth-order valence-electron chi connectivity index (χ4n) is 2.49. The molecule has 114 valence electrons. The molecule has 2 aromatic rings. The van der Waals surface area contributed by atoms with Gasteiger partial charge in [-0.1, -0.05) is 6.42 Å². The van der Waals surface area contributed by atoms with Crippen molar-refractivity contribution in [3.8, 4) is 0 Å². The van der Waals surface area contributed by atoms with Gasteiger partial charge in [0.25, 0.3) is 0 Å². The number of rotatable bonds is 8. The molecule has 0 fully saturated rings. The molecule has 2 rings (SSSR count). The minimum atomic E-state index is -0.101. The summed E-state index contributed by atoms with van der Waals surface area (Å²) in [7, 11) is 0. The Bertz CT molecular complexity index is 592. The van der Waals surface area contributed by atoms with E-state index in [4.69, 9.17) is 10.5 Å². The number of esters is 1. The molecule has 2 aromatic heterocycles. The van der Waals surface area contributed by atoms with Crippen molar-refractivity contribution in [1.82, 2.24) is 9.55 Å². The Balaban J connectivity index is 1.85. The van der Waals surface area contributed by atoms with Crippen LogP contribution in [-0.4, -0.2) is 22.1 Å². The molecule has 0 saturated carbocycles. The second-order valence-corrected chi connectivity index (χ2v) is 5.04. The number of nitrogens with two attached hydrogens (primary N) is 1. The first-order valence-corrected chi connectivity index (χ1v) is 7.54. The smallest absolute Gasteiger partial charge is 0.305 e. The first kappa shape index (κ1) is 15.5. The average molecular weight is 289 g/mol. The molecule has 0 atom stereocenters. The van der Waals surface area contributed by atoms with E-state index in [0.717, 1.165) is 42.4 Å². The lowest BCUT2D eigenvalue weighted by Crippen LogP contribution is -2.04. The van der Waals surface area contributed by atoms with Crippen molar-refractivity contribution in [2.75, 3.05) is 6.61 Å². The minimum absolute atomic E-state index is 0.101. The topological polar surface area (TPSA) is 70.1 Å². The Morgan fingerprint density at radius 1 is 1.38 bits per heavy atom. The van der Waals surface area contributed by atoms with Gasteiger partial charge >= 0.3 is 5.97 Å². The maximum atomic E-state index is 11.2. The van der Waals surface area contributed by atoms with Gasteiger partial charge in [-0.25, -0.2) is 4.98 Å². The van der Waals surface area contributed by atoms with Gasteiger partial charge in [-0.3, -0.25) is 4.79 Å². The van der Waals surface area contributed by atoms with Crippen molar-refractivity contribution >= 4 is 17.0 Å². The maximum absolute atomic E-state index is 11.2. The standard InChI is InChI=1S/C16H23N3O2/c1-2-21-15(20)8-4-3-5-10-19-12-13(11-17)14-7-6-9-18-16(14)19/h6-7,9,12H,2-5,8,10-11,17H2,1H3. The summed E-state index contributed by atoms with van der Waals surface area (Å²) in [6.45, 7) is 3.72. The van der Waals surface area contributed by atoms with E-state index in [-0.39, 0.29) is 5.97 Å². The lowest BCUT2D eigenvalue weighted by molar-refractivity contribution is -0.143. The molecule has 2 N–H and O–H groups in total. The van der Waals surface area contributed by atoms with Crippen LogP contribution in [0.1, 0.15) is 38.2 Å². The van der Waals surface area contributed by atoms with Gasteiger partial charge in [-0.15, -0.1) is 0 Å². The van der Waals surface area contributed by atoms with Crippen molar-refractivity contribution in [3.05, 3.63) is 30.1 Å². The van der Waals surface area contributed by atoms with E-state index in [1.165, 1.54) is 0 Å². The summed E-state index contributed by atoms with van der Waals surface area (Å²) in [5.41, 5.74) is 7.89. The lowest BCUT2D eigenvalue weighted by Gasteiger charge is -2.05. The zero-order chi connectivity index (χ0) is 15.1. The normalized spacial score (nSPS) is 11.0. The van der Waals surface area contributed by atoms with Crippen LogP contribution < -0.4 is 5.73 Å². The Kier molecular flexibility index (Phi) is 5.75. The number of unbranched alkanes of at least 4 members (excludes halogenated alkanes) is 2. The number of ether oxygens (including phenoxy) is 1. The highest BCUT2D eigenvalue weighted by Gasteiger charge is 2.07. The zero-order valence-corrected chi connectivity index (χ0v) is 12.5. The molecule has 0 amide bonds. The monoisotopic (exact) mass is 289 g/mol. The van der Waals surface area contributed by atoms with Gasteiger partial charge in [0.1, 0.15) is 5.65 Å². The van der Waals surface area contributed by atoms with E-state index in [2.05, 4.69) is 21.8 Å². The molecule has 5 nitrogen and oxygen atoms in total. The van der Waals surface area contributed by atoms with Crippen molar-refractivity contribution < 1.29 is 9.53 Å². The summed E-state index contributed by atoms with van der Waals surface area (Å²) in [6, 6.07) is 3.99. The molecule has 5 heteroatoms. The summed E-state index contributed by atoms with van der Waals surface area (Å²) in [5.74, 6) is -0.101. The number of fused-ring (bicyclic) bond motifs is 1. The fraction of sp³-hybridized carbons (Fsp3) is 0.500. The fourth-order valence-corrected chi connectivity index (χ4v) is 2.49. The van der Waals surface area contributed by atoms with E-state index in [1.54, 1.807) is 6.20 Å². The third-order valence-electron chi connectivity index (χ3n) is 3.52. The van der Waals surface area contributed by atoms with Gasteiger partial charge in [0, 0.05) is 37.3 Å². The average Bonchev–Trinajstić information content (AvgIpc) is 2.85. The van der Waals surface area contributed by atoms with Gasteiger partial charge in [-0.05, 0) is 37.5 Å². The summed E-state index contributed by atoms with van der Waals surface area (Å²) < 4.78 is 7.07. The largest absolute Gasteiger partial charge is 0.466 e. The molecule has 0 aliphatic carbocycles. The predicted octanol–water partition coefficient (Wildman–Crippen LogP) is 2.62. The predicted molar refractivity (Wildman–Crippen MR) is 82.7 cm³/mol. The summed E-state index contributed by atoms with van der Waals surface area (Å²) in [4.78, 5) is 15.7. The SMILES string of the molecule is CCOC(=O)CCCCCn1cc(CN)c2cccnc21. The Morgan fingerprint density at radius 3 is 3.00 bits per heavy atom.